The van der Waals surface area contributed by atoms with Crippen molar-refractivity contribution in [3.05, 3.63) is 53.6 Å². The SMILES string of the molecule is COc1ccc(CC(C(=O)O)c2ccnc(C)n2)cc1. The fourth-order valence-electron chi connectivity index (χ4n) is 1.98. The molecule has 5 nitrogen and oxygen atoms in total. The van der Waals surface area contributed by atoms with Gasteiger partial charge in [-0.2, -0.15) is 0 Å². The van der Waals surface area contributed by atoms with Crippen molar-refractivity contribution in [3.63, 3.8) is 0 Å². The summed E-state index contributed by atoms with van der Waals surface area (Å²) in [5, 5.41) is 9.39. The zero-order valence-corrected chi connectivity index (χ0v) is 11.4. The molecule has 20 heavy (non-hydrogen) atoms. The molecule has 1 aromatic heterocycles. The van der Waals surface area contributed by atoms with Gasteiger partial charge in [0.1, 0.15) is 17.5 Å². The summed E-state index contributed by atoms with van der Waals surface area (Å²) >= 11 is 0. The summed E-state index contributed by atoms with van der Waals surface area (Å²) in [7, 11) is 1.60. The topological polar surface area (TPSA) is 72.3 Å². The van der Waals surface area contributed by atoms with Crippen LogP contribution >= 0.6 is 0 Å². The second-order valence-corrected chi connectivity index (χ2v) is 4.47. The van der Waals surface area contributed by atoms with Crippen LogP contribution in [-0.4, -0.2) is 28.2 Å². The lowest BCUT2D eigenvalue weighted by atomic mass is 9.96. The molecule has 5 heteroatoms. The Bertz CT molecular complexity index is 596. The molecule has 0 spiro atoms. The molecule has 1 N–H and O–H groups in total. The number of nitrogens with zero attached hydrogens (tertiary/aromatic N) is 2. The lowest BCUT2D eigenvalue weighted by Gasteiger charge is -2.12. The Morgan fingerprint density at radius 1 is 1.30 bits per heavy atom. The minimum atomic E-state index is -0.890. The van der Waals surface area contributed by atoms with E-state index < -0.39 is 11.9 Å². The number of aliphatic carboxylic acids is 1. The summed E-state index contributed by atoms with van der Waals surface area (Å²) < 4.78 is 5.09. The van der Waals surface area contributed by atoms with Gasteiger partial charge in [-0.05, 0) is 37.1 Å². The van der Waals surface area contributed by atoms with Crippen LogP contribution in [0.5, 0.6) is 5.75 Å². The fourth-order valence-corrected chi connectivity index (χ4v) is 1.98. The van der Waals surface area contributed by atoms with Crippen molar-refractivity contribution < 1.29 is 14.6 Å². The molecule has 104 valence electrons. The number of methoxy groups -OCH3 is 1. The Morgan fingerprint density at radius 2 is 2.00 bits per heavy atom. The van der Waals surface area contributed by atoms with Gasteiger partial charge < -0.3 is 9.84 Å². The van der Waals surface area contributed by atoms with Crippen LogP contribution in [0.1, 0.15) is 23.0 Å². The summed E-state index contributed by atoms with van der Waals surface area (Å²) in [5.41, 5.74) is 1.45. The zero-order chi connectivity index (χ0) is 14.5. The Hall–Kier alpha value is -2.43. The third kappa shape index (κ3) is 3.32. The fraction of sp³-hybridized carbons (Fsp3) is 0.267. The molecule has 0 fully saturated rings. The number of aryl methyl sites for hydroxylation is 1. The van der Waals surface area contributed by atoms with Crippen molar-refractivity contribution in [3.8, 4) is 5.75 Å². The molecule has 0 aliphatic heterocycles. The van der Waals surface area contributed by atoms with Crippen molar-refractivity contribution >= 4 is 5.97 Å². The molecular formula is C15H16N2O3. The van der Waals surface area contributed by atoms with Gasteiger partial charge in [-0.25, -0.2) is 9.97 Å². The van der Waals surface area contributed by atoms with Crippen molar-refractivity contribution in [1.29, 1.82) is 0 Å². The van der Waals surface area contributed by atoms with Gasteiger partial charge in [0.15, 0.2) is 0 Å². The minimum Gasteiger partial charge on any atom is -0.497 e. The predicted molar refractivity (Wildman–Crippen MR) is 73.8 cm³/mol. The van der Waals surface area contributed by atoms with Gasteiger partial charge in [-0.1, -0.05) is 12.1 Å². The van der Waals surface area contributed by atoms with E-state index in [9.17, 15) is 9.90 Å². The maximum absolute atomic E-state index is 11.5. The van der Waals surface area contributed by atoms with Crippen LogP contribution in [0.4, 0.5) is 0 Å². The molecule has 0 bridgehead atoms. The largest absolute Gasteiger partial charge is 0.497 e. The normalized spacial score (nSPS) is 11.9. The first-order chi connectivity index (χ1) is 9.60. The van der Waals surface area contributed by atoms with Crippen LogP contribution in [0, 0.1) is 6.92 Å². The van der Waals surface area contributed by atoms with Gasteiger partial charge in [0, 0.05) is 6.20 Å². The third-order valence-electron chi connectivity index (χ3n) is 3.05. The smallest absolute Gasteiger partial charge is 0.312 e. The summed E-state index contributed by atoms with van der Waals surface area (Å²) in [6, 6.07) is 9.01. The lowest BCUT2D eigenvalue weighted by molar-refractivity contribution is -0.138. The molecule has 0 aliphatic carbocycles. The van der Waals surface area contributed by atoms with E-state index in [1.807, 2.05) is 24.3 Å². The second kappa shape index (κ2) is 6.14. The van der Waals surface area contributed by atoms with Crippen molar-refractivity contribution in [2.45, 2.75) is 19.3 Å². The van der Waals surface area contributed by atoms with E-state index in [-0.39, 0.29) is 0 Å². The van der Waals surface area contributed by atoms with Gasteiger partial charge >= 0.3 is 5.97 Å². The standard InChI is InChI=1S/C15H16N2O3/c1-10-16-8-7-14(17-10)13(15(18)19)9-11-3-5-12(20-2)6-4-11/h3-8,13H,9H2,1-2H3,(H,18,19). The van der Waals surface area contributed by atoms with E-state index in [1.165, 1.54) is 0 Å². The molecule has 2 rings (SSSR count). The first-order valence-electron chi connectivity index (χ1n) is 6.25. The Labute approximate surface area is 117 Å². The number of aromatic nitrogens is 2. The summed E-state index contributed by atoms with van der Waals surface area (Å²) in [6.45, 7) is 1.75. The first-order valence-corrected chi connectivity index (χ1v) is 6.25. The highest BCUT2D eigenvalue weighted by molar-refractivity contribution is 5.75. The predicted octanol–water partition coefficient (Wildman–Crippen LogP) is 2.20. The quantitative estimate of drug-likeness (QED) is 0.903. The Morgan fingerprint density at radius 3 is 2.55 bits per heavy atom. The summed E-state index contributed by atoms with van der Waals surface area (Å²) in [6.07, 6.45) is 1.97. The summed E-state index contributed by atoms with van der Waals surface area (Å²) in [4.78, 5) is 19.7. The molecule has 0 aliphatic rings. The van der Waals surface area contributed by atoms with Crippen molar-refractivity contribution in [1.82, 2.24) is 9.97 Å². The number of hydrogen-bond donors (Lipinski definition) is 1. The molecule has 0 saturated carbocycles. The van der Waals surface area contributed by atoms with Gasteiger partial charge in [0.2, 0.25) is 0 Å². The molecule has 0 amide bonds. The number of benzene rings is 1. The Kier molecular flexibility index (Phi) is 4.30. The van der Waals surface area contributed by atoms with E-state index in [0.29, 0.717) is 17.9 Å². The van der Waals surface area contributed by atoms with Crippen LogP contribution in [0.25, 0.3) is 0 Å². The lowest BCUT2D eigenvalue weighted by Crippen LogP contribution is -2.16. The number of hydrogen-bond acceptors (Lipinski definition) is 4. The van der Waals surface area contributed by atoms with E-state index in [0.717, 1.165) is 11.3 Å². The average molecular weight is 272 g/mol. The van der Waals surface area contributed by atoms with Crippen LogP contribution in [0.2, 0.25) is 0 Å². The molecule has 1 unspecified atom stereocenters. The number of carboxylic acids is 1. The number of carbonyl (C=O) groups is 1. The highest BCUT2D eigenvalue weighted by Crippen LogP contribution is 2.21. The third-order valence-corrected chi connectivity index (χ3v) is 3.05. The molecule has 0 radical (unpaired) electrons. The van der Waals surface area contributed by atoms with Crippen LogP contribution in [0.15, 0.2) is 36.5 Å². The van der Waals surface area contributed by atoms with Gasteiger partial charge in [-0.3, -0.25) is 4.79 Å². The molecule has 0 saturated heterocycles. The zero-order valence-electron chi connectivity index (χ0n) is 11.4. The van der Waals surface area contributed by atoms with Crippen LogP contribution in [0.3, 0.4) is 0 Å². The average Bonchev–Trinajstić information content (AvgIpc) is 2.45. The molecule has 1 atom stereocenters. The maximum Gasteiger partial charge on any atom is 0.312 e. The molecule has 1 aromatic carbocycles. The van der Waals surface area contributed by atoms with Gasteiger partial charge in [0.05, 0.1) is 12.8 Å². The maximum atomic E-state index is 11.5. The first kappa shape index (κ1) is 14.0. The van der Waals surface area contributed by atoms with Crippen molar-refractivity contribution in [2.75, 3.05) is 7.11 Å². The Balaban J connectivity index is 2.23. The number of ether oxygens (including phenoxy) is 1. The van der Waals surface area contributed by atoms with E-state index in [1.54, 1.807) is 26.3 Å². The van der Waals surface area contributed by atoms with Crippen LogP contribution in [-0.2, 0) is 11.2 Å². The monoisotopic (exact) mass is 272 g/mol. The number of rotatable bonds is 5. The summed E-state index contributed by atoms with van der Waals surface area (Å²) in [5.74, 6) is -0.244. The second-order valence-electron chi connectivity index (χ2n) is 4.47. The highest BCUT2D eigenvalue weighted by atomic mass is 16.5. The van der Waals surface area contributed by atoms with Crippen molar-refractivity contribution in [2.24, 2.45) is 0 Å². The van der Waals surface area contributed by atoms with E-state index in [4.69, 9.17) is 4.74 Å². The minimum absolute atomic E-state index is 0.385. The molecule has 2 aromatic rings. The highest BCUT2D eigenvalue weighted by Gasteiger charge is 2.22. The molecular weight excluding hydrogens is 256 g/mol. The van der Waals surface area contributed by atoms with E-state index >= 15 is 0 Å². The van der Waals surface area contributed by atoms with Gasteiger partial charge in [-0.15, -0.1) is 0 Å². The van der Waals surface area contributed by atoms with E-state index in [2.05, 4.69) is 9.97 Å². The molecule has 1 heterocycles. The number of carboxylic acid groups (broad SMARTS) is 1. The van der Waals surface area contributed by atoms with Gasteiger partial charge in [0.25, 0.3) is 0 Å². The van der Waals surface area contributed by atoms with Crippen LogP contribution < -0.4 is 4.74 Å².